The highest BCUT2D eigenvalue weighted by molar-refractivity contribution is 5.85. The predicted molar refractivity (Wildman–Crippen MR) is 46.0 cm³/mol. The van der Waals surface area contributed by atoms with Crippen molar-refractivity contribution in [2.75, 3.05) is 7.11 Å². The number of rotatable bonds is 1. The van der Waals surface area contributed by atoms with Crippen molar-refractivity contribution in [1.82, 2.24) is 0 Å². The molecule has 0 saturated heterocycles. The summed E-state index contributed by atoms with van der Waals surface area (Å²) in [7, 11) is 1.42. The Morgan fingerprint density at radius 3 is 2.77 bits per heavy atom. The zero-order chi connectivity index (χ0) is 9.42. The Hall–Kier alpha value is -0.860. The molecule has 3 heteroatoms. The van der Waals surface area contributed by atoms with Crippen LogP contribution in [-0.4, -0.2) is 18.9 Å². The predicted octanol–water partition coefficient (Wildman–Crippen LogP) is 1.16. The topological polar surface area (TPSA) is 43.4 Å². The summed E-state index contributed by atoms with van der Waals surface area (Å²) in [6.45, 7) is 0. The highest BCUT2D eigenvalue weighted by Crippen LogP contribution is 2.42. The first-order chi connectivity index (χ1) is 6.20. The second-order valence-corrected chi connectivity index (χ2v) is 4.16. The van der Waals surface area contributed by atoms with Crippen LogP contribution in [0, 0.1) is 17.8 Å². The SMILES string of the molecule is COC(=O)[C@@H]1C[C@@H]2CC(=O)[C@@H](C2)C1. The quantitative estimate of drug-likeness (QED) is 0.571. The minimum absolute atomic E-state index is 0.0137. The number of ether oxygens (including phenoxy) is 1. The molecule has 0 aromatic rings. The minimum atomic E-state index is -0.135. The standard InChI is InChI=1S/C10H14O3/c1-13-10(12)8-3-6-2-7(5-8)9(11)4-6/h6-8H,2-5H2,1H3/t6-,7+,8-/m1/s1. The summed E-state index contributed by atoms with van der Waals surface area (Å²) in [6, 6.07) is 0. The Morgan fingerprint density at radius 2 is 2.15 bits per heavy atom. The molecule has 0 spiro atoms. The summed E-state index contributed by atoms with van der Waals surface area (Å²) in [5.41, 5.74) is 0. The van der Waals surface area contributed by atoms with Crippen molar-refractivity contribution in [3.05, 3.63) is 0 Å². The molecule has 2 bridgehead atoms. The van der Waals surface area contributed by atoms with Crippen LogP contribution in [-0.2, 0) is 14.3 Å². The van der Waals surface area contributed by atoms with Gasteiger partial charge in [-0.1, -0.05) is 0 Å². The smallest absolute Gasteiger partial charge is 0.308 e. The molecule has 0 N–H and O–H groups in total. The van der Waals surface area contributed by atoms with E-state index in [2.05, 4.69) is 0 Å². The normalized spacial score (nSPS) is 37.6. The molecule has 0 aromatic carbocycles. The van der Waals surface area contributed by atoms with Gasteiger partial charge in [-0.2, -0.15) is 0 Å². The van der Waals surface area contributed by atoms with Gasteiger partial charge in [-0.3, -0.25) is 9.59 Å². The molecule has 3 nitrogen and oxygen atoms in total. The van der Waals surface area contributed by atoms with Gasteiger partial charge in [0.05, 0.1) is 13.0 Å². The van der Waals surface area contributed by atoms with E-state index in [-0.39, 0.29) is 17.8 Å². The average molecular weight is 182 g/mol. The summed E-state index contributed by atoms with van der Waals surface area (Å²) in [6.07, 6.45) is 3.28. The molecule has 0 unspecified atom stereocenters. The molecule has 2 aliphatic rings. The Bertz CT molecular complexity index is 247. The molecule has 2 saturated carbocycles. The first-order valence-corrected chi connectivity index (χ1v) is 4.81. The van der Waals surface area contributed by atoms with Crippen LogP contribution in [0.3, 0.4) is 0 Å². The molecule has 3 atom stereocenters. The molecular weight excluding hydrogens is 168 g/mol. The van der Waals surface area contributed by atoms with Crippen LogP contribution in [0.4, 0.5) is 0 Å². The number of hydrogen-bond donors (Lipinski definition) is 0. The lowest BCUT2D eigenvalue weighted by atomic mass is 9.81. The number of esters is 1. The first kappa shape index (κ1) is 8.73. The molecule has 2 fully saturated rings. The molecule has 0 heterocycles. The number of carbonyl (C=O) groups excluding carboxylic acids is 2. The van der Waals surface area contributed by atoms with Gasteiger partial charge in [0, 0.05) is 12.3 Å². The highest BCUT2D eigenvalue weighted by atomic mass is 16.5. The van der Waals surface area contributed by atoms with E-state index >= 15 is 0 Å². The van der Waals surface area contributed by atoms with E-state index in [4.69, 9.17) is 4.74 Å². The summed E-state index contributed by atoms with van der Waals surface area (Å²) >= 11 is 0. The molecular formula is C10H14O3. The van der Waals surface area contributed by atoms with Crippen LogP contribution in [0.1, 0.15) is 25.7 Å². The number of ketones is 1. The maximum atomic E-state index is 11.4. The van der Waals surface area contributed by atoms with Crippen molar-refractivity contribution >= 4 is 11.8 Å². The summed E-state index contributed by atoms with van der Waals surface area (Å²) in [5, 5.41) is 0. The molecule has 0 radical (unpaired) electrons. The van der Waals surface area contributed by atoms with Gasteiger partial charge >= 0.3 is 5.97 Å². The maximum Gasteiger partial charge on any atom is 0.308 e. The zero-order valence-corrected chi connectivity index (χ0v) is 7.79. The van der Waals surface area contributed by atoms with Gasteiger partial charge in [0.15, 0.2) is 0 Å². The number of methoxy groups -OCH3 is 1. The number of fused-ring (bicyclic) bond motifs is 2. The van der Waals surface area contributed by atoms with Crippen LogP contribution >= 0.6 is 0 Å². The van der Waals surface area contributed by atoms with E-state index in [1.165, 1.54) is 7.11 Å². The van der Waals surface area contributed by atoms with E-state index in [0.717, 1.165) is 19.3 Å². The zero-order valence-electron chi connectivity index (χ0n) is 7.79. The number of Topliss-reactive ketones (excluding diaryl/α,β-unsaturated/α-hetero) is 1. The van der Waals surface area contributed by atoms with E-state index < -0.39 is 0 Å². The van der Waals surface area contributed by atoms with Crippen molar-refractivity contribution in [2.24, 2.45) is 17.8 Å². The highest BCUT2D eigenvalue weighted by Gasteiger charge is 2.42. The second kappa shape index (κ2) is 3.13. The summed E-state index contributed by atoms with van der Waals surface area (Å²) in [4.78, 5) is 22.6. The molecule has 0 aromatic heterocycles. The van der Waals surface area contributed by atoms with Crippen LogP contribution in [0.15, 0.2) is 0 Å². The van der Waals surface area contributed by atoms with Gasteiger partial charge in [-0.05, 0) is 25.2 Å². The molecule has 72 valence electrons. The lowest BCUT2D eigenvalue weighted by Crippen LogP contribution is -2.25. The lowest BCUT2D eigenvalue weighted by molar-refractivity contribution is -0.147. The number of carbonyl (C=O) groups is 2. The van der Waals surface area contributed by atoms with E-state index in [0.29, 0.717) is 18.1 Å². The fraction of sp³-hybridized carbons (Fsp3) is 0.800. The third-order valence-electron chi connectivity index (χ3n) is 3.28. The number of hydrogen-bond acceptors (Lipinski definition) is 3. The van der Waals surface area contributed by atoms with Gasteiger partial charge < -0.3 is 4.74 Å². The van der Waals surface area contributed by atoms with Crippen LogP contribution in [0.25, 0.3) is 0 Å². The average Bonchev–Trinajstić information content (AvgIpc) is 2.39. The van der Waals surface area contributed by atoms with Crippen LogP contribution < -0.4 is 0 Å². The lowest BCUT2D eigenvalue weighted by Gasteiger charge is -2.24. The Kier molecular flexibility index (Phi) is 2.10. The Labute approximate surface area is 77.4 Å². The molecule has 0 aliphatic heterocycles. The van der Waals surface area contributed by atoms with Crippen LogP contribution in [0.5, 0.6) is 0 Å². The second-order valence-electron chi connectivity index (χ2n) is 4.16. The van der Waals surface area contributed by atoms with Gasteiger partial charge in [0.1, 0.15) is 5.78 Å². The van der Waals surface area contributed by atoms with Gasteiger partial charge in [0.25, 0.3) is 0 Å². The van der Waals surface area contributed by atoms with Gasteiger partial charge in [0.2, 0.25) is 0 Å². The monoisotopic (exact) mass is 182 g/mol. The summed E-state index contributed by atoms with van der Waals surface area (Å²) < 4.78 is 4.70. The van der Waals surface area contributed by atoms with E-state index in [9.17, 15) is 9.59 Å². The minimum Gasteiger partial charge on any atom is -0.469 e. The molecule has 13 heavy (non-hydrogen) atoms. The van der Waals surface area contributed by atoms with E-state index in [1.807, 2.05) is 0 Å². The van der Waals surface area contributed by atoms with Crippen molar-refractivity contribution in [2.45, 2.75) is 25.7 Å². The van der Waals surface area contributed by atoms with Crippen molar-refractivity contribution in [1.29, 1.82) is 0 Å². The van der Waals surface area contributed by atoms with Crippen LogP contribution in [0.2, 0.25) is 0 Å². The Morgan fingerprint density at radius 1 is 1.38 bits per heavy atom. The fourth-order valence-electron chi connectivity index (χ4n) is 2.68. The van der Waals surface area contributed by atoms with E-state index in [1.54, 1.807) is 0 Å². The van der Waals surface area contributed by atoms with Gasteiger partial charge in [-0.15, -0.1) is 0 Å². The van der Waals surface area contributed by atoms with Gasteiger partial charge in [-0.25, -0.2) is 0 Å². The third kappa shape index (κ3) is 1.47. The Balaban J connectivity index is 2.05. The molecule has 2 aliphatic carbocycles. The molecule has 2 rings (SSSR count). The fourth-order valence-corrected chi connectivity index (χ4v) is 2.68. The maximum absolute atomic E-state index is 11.4. The largest absolute Gasteiger partial charge is 0.469 e. The third-order valence-corrected chi connectivity index (χ3v) is 3.28. The summed E-state index contributed by atoms with van der Waals surface area (Å²) in [5.74, 6) is 0.819. The molecule has 0 amide bonds. The van der Waals surface area contributed by atoms with Crippen molar-refractivity contribution in [3.63, 3.8) is 0 Å². The van der Waals surface area contributed by atoms with Crippen molar-refractivity contribution in [3.8, 4) is 0 Å². The first-order valence-electron chi connectivity index (χ1n) is 4.81. The van der Waals surface area contributed by atoms with Crippen molar-refractivity contribution < 1.29 is 14.3 Å².